The van der Waals surface area contributed by atoms with Crippen LogP contribution < -0.4 is 40.8 Å². The Morgan fingerprint density at radius 1 is 0.589 bits per heavy atom. The maximum atomic E-state index is 11.4. The lowest BCUT2D eigenvalue weighted by atomic mass is 10.2. The van der Waals surface area contributed by atoms with Gasteiger partial charge in [-0.2, -0.15) is 27.7 Å². The second-order valence-corrected chi connectivity index (χ2v) is 21.2. The number of hydrazine groups is 2. The first-order valence-corrected chi connectivity index (χ1v) is 26.7. The third-order valence-corrected chi connectivity index (χ3v) is 13.7. The summed E-state index contributed by atoms with van der Waals surface area (Å²) in [6.07, 6.45) is -0.220. The van der Waals surface area contributed by atoms with Crippen LogP contribution in [-0.4, -0.2) is 100 Å². The third-order valence-electron chi connectivity index (χ3n) is 9.91. The van der Waals surface area contributed by atoms with Gasteiger partial charge in [0.1, 0.15) is 22.9 Å². The van der Waals surface area contributed by atoms with E-state index in [9.17, 15) is 35.5 Å². The molecule has 4 heterocycles. The van der Waals surface area contributed by atoms with Gasteiger partial charge in [0.2, 0.25) is 10.3 Å². The minimum Gasteiger partial charge on any atom is -0.759 e. The number of benzene rings is 4. The maximum absolute atomic E-state index is 11.4. The van der Waals surface area contributed by atoms with Crippen molar-refractivity contribution in [3.05, 3.63) is 129 Å². The zero-order chi connectivity index (χ0) is 53.4. The molecular weight excluding hydrogens is 1060 g/mol. The number of aromatic nitrogens is 2. The summed E-state index contributed by atoms with van der Waals surface area (Å²) in [5.41, 5.74) is 7.96. The number of anilines is 4. The van der Waals surface area contributed by atoms with Gasteiger partial charge in [0.05, 0.1) is 58.4 Å². The molecule has 388 valence electrons. The average molecular weight is 1110 g/mol. The van der Waals surface area contributed by atoms with Crippen LogP contribution in [0.3, 0.4) is 0 Å². The number of amidine groups is 2. The van der Waals surface area contributed by atoms with Gasteiger partial charge in [-0.15, -0.1) is 10.2 Å². The SMILES string of the molecule is Cc1nc(N2N=C(c3cccc(OCCC(=O)O)c3)[NH2+]N2c2ccc(S(=O)(=O)O)cc2)sc1C.Cc1nc(N2N=C(c3cccc(OCCC(=O)O)c3)[NH2+]N2c2ccc(S(=O)(=O)O)cc2)sc1C.O=S(=O)([O-])[O-]. The van der Waals surface area contributed by atoms with Crippen molar-refractivity contribution in [1.82, 2.24) is 9.97 Å². The molecule has 2 aliphatic heterocycles. The fourth-order valence-corrected chi connectivity index (χ4v) is 8.90. The van der Waals surface area contributed by atoms with Crippen LogP contribution in [0.5, 0.6) is 11.5 Å². The van der Waals surface area contributed by atoms with Gasteiger partial charge in [0.15, 0.2) is 0 Å². The zero-order valence-electron chi connectivity index (χ0n) is 38.5. The largest absolute Gasteiger partial charge is 0.759 e. The van der Waals surface area contributed by atoms with Crippen LogP contribution in [0.1, 0.15) is 45.1 Å². The maximum Gasteiger partial charge on any atom is 0.306 e. The second-order valence-electron chi connectivity index (χ2n) is 15.2. The van der Waals surface area contributed by atoms with Crippen molar-refractivity contribution in [3.63, 3.8) is 0 Å². The number of thiazole rings is 2. The van der Waals surface area contributed by atoms with E-state index in [4.69, 9.17) is 47.4 Å². The summed E-state index contributed by atoms with van der Waals surface area (Å²) in [5, 5.41) is 34.9. The highest BCUT2D eigenvalue weighted by Crippen LogP contribution is 2.32. The minimum atomic E-state index is -5.17. The molecule has 0 aliphatic carbocycles. The molecule has 0 radical (unpaired) electrons. The highest BCUT2D eigenvalue weighted by molar-refractivity contribution is 7.86. The van der Waals surface area contributed by atoms with E-state index in [1.807, 2.05) is 39.8 Å². The van der Waals surface area contributed by atoms with Gasteiger partial charge < -0.3 is 28.8 Å². The van der Waals surface area contributed by atoms with E-state index in [-0.39, 0.29) is 35.8 Å². The number of nitrogens with zero attached hydrogens (tertiary/aromatic N) is 8. The van der Waals surface area contributed by atoms with Crippen LogP contribution in [0.4, 0.5) is 21.6 Å². The van der Waals surface area contributed by atoms with Crippen molar-refractivity contribution in [2.75, 3.05) is 33.7 Å². The number of hydrazone groups is 2. The van der Waals surface area contributed by atoms with Crippen molar-refractivity contribution in [2.45, 2.75) is 50.3 Å². The smallest absolute Gasteiger partial charge is 0.306 e. The summed E-state index contributed by atoms with van der Waals surface area (Å²) in [4.78, 5) is 32.3. The predicted molar refractivity (Wildman–Crippen MR) is 261 cm³/mol. The van der Waals surface area contributed by atoms with Gasteiger partial charge in [0.25, 0.3) is 31.9 Å². The van der Waals surface area contributed by atoms with Gasteiger partial charge >= 0.3 is 11.9 Å². The summed E-state index contributed by atoms with van der Waals surface area (Å²) in [5.74, 6) is 0.327. The highest BCUT2D eigenvalue weighted by atomic mass is 32.3. The second kappa shape index (κ2) is 23.1. The van der Waals surface area contributed by atoms with E-state index in [0.717, 1.165) is 32.3 Å². The Kier molecular flexibility index (Phi) is 17.5. The number of hydrogen-bond donors (Lipinski definition) is 6. The third kappa shape index (κ3) is 15.4. The van der Waals surface area contributed by atoms with Crippen molar-refractivity contribution >= 4 is 98.6 Å². The predicted octanol–water partition coefficient (Wildman–Crippen LogP) is 2.55. The van der Waals surface area contributed by atoms with Crippen LogP contribution in [0.2, 0.25) is 0 Å². The first-order chi connectivity index (χ1) is 34.2. The van der Waals surface area contributed by atoms with Gasteiger partial charge in [-0.3, -0.25) is 27.1 Å². The molecule has 0 bridgehead atoms. The fraction of sp³-hybridized carbons (Fsp3) is 0.190. The molecule has 0 saturated carbocycles. The van der Waals surface area contributed by atoms with Crippen molar-refractivity contribution in [3.8, 4) is 11.5 Å². The van der Waals surface area contributed by atoms with Crippen molar-refractivity contribution in [1.29, 1.82) is 0 Å². The molecule has 2 aliphatic rings. The number of aryl methyl sites for hydroxylation is 4. The quantitative estimate of drug-likeness (QED) is 0.0461. The Bertz CT molecular complexity index is 3130. The molecule has 0 unspecified atom stereocenters. The van der Waals surface area contributed by atoms with Crippen molar-refractivity contribution < 1.29 is 83.6 Å². The monoisotopic (exact) mass is 1100 g/mol. The molecule has 31 heteroatoms. The lowest BCUT2D eigenvalue weighted by Gasteiger charge is -2.21. The normalized spacial score (nSPS) is 13.6. The number of hydrogen-bond acceptors (Lipinski definition) is 22. The number of nitrogens with two attached hydrogens (primary N) is 2. The van der Waals surface area contributed by atoms with E-state index in [1.165, 1.54) is 46.9 Å². The standard InChI is InChI=1S/2C21H21N5O6S2.H2O4S/c2*1-13-14(2)33-21(22-13)26-24-20(15-4-3-5-17(12-15)32-11-10-19(27)28)23-25(26)16-6-8-18(9-7-16)34(29,30)31;1-5(2,3)4/h2*3-9,12H,10-11H2,1-2H3,(H,23,24)(H,27,28)(H,29,30,31);(H2,1,2,3,4). The van der Waals surface area contributed by atoms with E-state index < -0.39 is 42.6 Å². The zero-order valence-corrected chi connectivity index (χ0v) is 42.6. The van der Waals surface area contributed by atoms with Crippen LogP contribution in [0.25, 0.3) is 0 Å². The lowest BCUT2D eigenvalue weighted by Crippen LogP contribution is -2.96. The molecular formula is C42H44N10O16S5. The summed E-state index contributed by atoms with van der Waals surface area (Å²) >= 11 is 2.92. The Hall–Kier alpha value is -7.17. The van der Waals surface area contributed by atoms with Crippen LogP contribution in [-0.2, 0) is 40.2 Å². The van der Waals surface area contributed by atoms with Crippen LogP contribution in [0.15, 0.2) is 117 Å². The van der Waals surface area contributed by atoms with Crippen LogP contribution >= 0.6 is 22.7 Å². The van der Waals surface area contributed by atoms with Gasteiger partial charge in [-0.1, -0.05) is 55.2 Å². The molecule has 0 fully saturated rings. The number of carbonyl (C=O) groups is 2. The average Bonchev–Trinajstić information content (AvgIpc) is 4.11. The minimum absolute atomic E-state index is 0.0466. The number of ether oxygens (including phenoxy) is 2. The molecule has 8 rings (SSSR count). The van der Waals surface area contributed by atoms with E-state index in [1.54, 1.807) is 92.0 Å². The Morgan fingerprint density at radius 3 is 1.22 bits per heavy atom. The van der Waals surface area contributed by atoms with E-state index >= 15 is 0 Å². The molecule has 0 amide bonds. The molecule has 0 atom stereocenters. The first-order valence-electron chi connectivity index (χ1n) is 20.9. The topological polar surface area (TPSA) is 379 Å². The Labute approximate surface area is 425 Å². The van der Waals surface area contributed by atoms with Gasteiger partial charge in [-0.05, 0) is 113 Å². The molecule has 4 aromatic carbocycles. The fourth-order valence-electron chi connectivity index (χ4n) is 6.22. The van der Waals surface area contributed by atoms with Gasteiger partial charge in [0, 0.05) is 20.2 Å². The van der Waals surface area contributed by atoms with Crippen LogP contribution in [0, 0.1) is 27.7 Å². The molecule has 0 spiro atoms. The first kappa shape index (κ1) is 55.1. The molecule has 26 nitrogen and oxygen atoms in total. The molecule has 0 saturated heterocycles. The number of carboxylic acid groups (broad SMARTS) is 2. The molecule has 6 aromatic rings. The van der Waals surface area contributed by atoms with E-state index in [2.05, 4.69) is 9.97 Å². The summed E-state index contributed by atoms with van der Waals surface area (Å²) in [7, 11) is -13.8. The van der Waals surface area contributed by atoms with Crippen molar-refractivity contribution in [2.24, 2.45) is 10.2 Å². The number of aliphatic carboxylic acids is 2. The lowest BCUT2D eigenvalue weighted by molar-refractivity contribution is -0.545. The summed E-state index contributed by atoms with van der Waals surface area (Å²) in [6.45, 7) is 7.83. The summed E-state index contributed by atoms with van der Waals surface area (Å²) in [6, 6.07) is 25.7. The molecule has 2 aromatic heterocycles. The molecule has 73 heavy (non-hydrogen) atoms. The van der Waals surface area contributed by atoms with E-state index in [0.29, 0.717) is 44.8 Å². The summed E-state index contributed by atoms with van der Waals surface area (Å²) < 4.78 is 109. The number of rotatable bonds is 16. The number of quaternary nitrogens is 2. The molecule has 8 N–H and O–H groups in total. The van der Waals surface area contributed by atoms with Gasteiger partial charge in [-0.25, -0.2) is 9.97 Å². The highest BCUT2D eigenvalue weighted by Gasteiger charge is 2.35. The number of carboxylic acids is 2. The Balaban J connectivity index is 0.000000218. The Morgan fingerprint density at radius 2 is 0.932 bits per heavy atom.